The van der Waals surface area contributed by atoms with Gasteiger partial charge in [-0.1, -0.05) is 45.7 Å². The SMILES string of the molecule is Clc1ccccc1C(CBr)Cc1ccc(Br)cn1. The number of halogens is 3. The van der Waals surface area contributed by atoms with Crippen molar-refractivity contribution in [2.24, 2.45) is 0 Å². The molecule has 2 aromatic rings. The molecule has 1 heterocycles. The molecule has 0 aliphatic rings. The van der Waals surface area contributed by atoms with Crippen molar-refractivity contribution < 1.29 is 0 Å². The van der Waals surface area contributed by atoms with Gasteiger partial charge in [0.25, 0.3) is 0 Å². The van der Waals surface area contributed by atoms with Gasteiger partial charge in [0, 0.05) is 32.6 Å². The number of pyridine rings is 1. The van der Waals surface area contributed by atoms with Gasteiger partial charge in [0.15, 0.2) is 0 Å². The molecule has 0 N–H and O–H groups in total. The van der Waals surface area contributed by atoms with Gasteiger partial charge in [0.05, 0.1) is 0 Å². The first-order valence-corrected chi connectivity index (χ1v) is 7.90. The van der Waals surface area contributed by atoms with Gasteiger partial charge >= 0.3 is 0 Å². The van der Waals surface area contributed by atoms with Crippen LogP contribution in [0.4, 0.5) is 0 Å². The minimum Gasteiger partial charge on any atom is -0.260 e. The summed E-state index contributed by atoms with van der Waals surface area (Å²) in [6.07, 6.45) is 2.70. The summed E-state index contributed by atoms with van der Waals surface area (Å²) in [5.41, 5.74) is 2.24. The van der Waals surface area contributed by atoms with E-state index in [9.17, 15) is 0 Å². The third kappa shape index (κ3) is 3.56. The van der Waals surface area contributed by atoms with Crippen LogP contribution < -0.4 is 0 Å². The highest BCUT2D eigenvalue weighted by molar-refractivity contribution is 9.10. The molecule has 18 heavy (non-hydrogen) atoms. The standard InChI is InChI=1S/C14H12Br2ClN/c15-8-10(13-3-1-2-4-14(13)17)7-12-6-5-11(16)9-18-12/h1-6,9-10H,7-8H2. The summed E-state index contributed by atoms with van der Waals surface area (Å²) in [6.45, 7) is 0. The predicted molar refractivity (Wildman–Crippen MR) is 83.6 cm³/mol. The van der Waals surface area contributed by atoms with Gasteiger partial charge in [-0.05, 0) is 46.1 Å². The van der Waals surface area contributed by atoms with E-state index in [1.54, 1.807) is 0 Å². The van der Waals surface area contributed by atoms with Gasteiger partial charge in [-0.15, -0.1) is 0 Å². The summed E-state index contributed by atoms with van der Waals surface area (Å²) in [4.78, 5) is 4.41. The molecule has 0 amide bonds. The molecule has 0 bridgehead atoms. The van der Waals surface area contributed by atoms with Crippen LogP contribution in [0, 0.1) is 0 Å². The zero-order chi connectivity index (χ0) is 13.0. The fourth-order valence-electron chi connectivity index (χ4n) is 1.83. The van der Waals surface area contributed by atoms with Crippen LogP contribution in [0.3, 0.4) is 0 Å². The Balaban J connectivity index is 2.20. The third-order valence-electron chi connectivity index (χ3n) is 2.78. The Labute approximate surface area is 129 Å². The lowest BCUT2D eigenvalue weighted by molar-refractivity contribution is 0.755. The Bertz CT molecular complexity index is 513. The average Bonchev–Trinajstić information content (AvgIpc) is 2.39. The Kier molecular flexibility index (Phi) is 5.22. The van der Waals surface area contributed by atoms with E-state index in [2.05, 4.69) is 42.9 Å². The molecule has 0 saturated heterocycles. The molecule has 0 saturated carbocycles. The van der Waals surface area contributed by atoms with Crippen molar-refractivity contribution in [3.05, 3.63) is 63.3 Å². The molecule has 94 valence electrons. The maximum Gasteiger partial charge on any atom is 0.0441 e. The summed E-state index contributed by atoms with van der Waals surface area (Å²) in [5, 5.41) is 1.69. The van der Waals surface area contributed by atoms with Crippen molar-refractivity contribution >= 4 is 43.5 Å². The van der Waals surface area contributed by atoms with Gasteiger partial charge in [-0.25, -0.2) is 0 Å². The lowest BCUT2D eigenvalue weighted by Crippen LogP contribution is -2.06. The van der Waals surface area contributed by atoms with Gasteiger partial charge in [0.1, 0.15) is 0 Å². The molecule has 0 fully saturated rings. The highest BCUT2D eigenvalue weighted by Crippen LogP contribution is 2.28. The summed E-state index contributed by atoms with van der Waals surface area (Å²) in [6, 6.07) is 12.0. The highest BCUT2D eigenvalue weighted by Gasteiger charge is 2.14. The maximum absolute atomic E-state index is 6.24. The van der Waals surface area contributed by atoms with E-state index in [4.69, 9.17) is 11.6 Å². The molecular weight excluding hydrogens is 377 g/mol. The van der Waals surface area contributed by atoms with E-state index in [0.29, 0.717) is 5.92 Å². The Morgan fingerprint density at radius 1 is 1.17 bits per heavy atom. The van der Waals surface area contributed by atoms with Crippen LogP contribution in [0.15, 0.2) is 47.1 Å². The van der Waals surface area contributed by atoms with E-state index < -0.39 is 0 Å². The van der Waals surface area contributed by atoms with Crippen LogP contribution in [0.5, 0.6) is 0 Å². The van der Waals surface area contributed by atoms with Gasteiger partial charge in [0.2, 0.25) is 0 Å². The van der Waals surface area contributed by atoms with Crippen molar-refractivity contribution in [2.75, 3.05) is 5.33 Å². The molecule has 0 radical (unpaired) electrons. The number of hydrogen-bond acceptors (Lipinski definition) is 1. The minimum absolute atomic E-state index is 0.340. The van der Waals surface area contributed by atoms with Crippen LogP contribution in [-0.4, -0.2) is 10.3 Å². The predicted octanol–water partition coefficient (Wildman–Crippen LogP) is 5.22. The molecule has 4 heteroatoms. The average molecular weight is 390 g/mol. The fourth-order valence-corrected chi connectivity index (χ4v) is 2.94. The number of nitrogens with zero attached hydrogens (tertiary/aromatic N) is 1. The van der Waals surface area contributed by atoms with E-state index in [1.165, 1.54) is 5.56 Å². The Morgan fingerprint density at radius 3 is 2.56 bits per heavy atom. The molecule has 1 aromatic heterocycles. The number of aromatic nitrogens is 1. The molecule has 1 aromatic carbocycles. The normalized spacial score (nSPS) is 12.4. The van der Waals surface area contributed by atoms with Crippen LogP contribution in [0.1, 0.15) is 17.2 Å². The van der Waals surface area contributed by atoms with Gasteiger partial charge in [-0.3, -0.25) is 4.98 Å². The summed E-state index contributed by atoms with van der Waals surface area (Å²) < 4.78 is 0.999. The summed E-state index contributed by atoms with van der Waals surface area (Å²) in [7, 11) is 0. The highest BCUT2D eigenvalue weighted by atomic mass is 79.9. The first-order valence-electron chi connectivity index (χ1n) is 5.61. The van der Waals surface area contributed by atoms with Crippen molar-refractivity contribution in [2.45, 2.75) is 12.3 Å². The Morgan fingerprint density at radius 2 is 1.94 bits per heavy atom. The van der Waals surface area contributed by atoms with E-state index >= 15 is 0 Å². The second kappa shape index (κ2) is 6.69. The van der Waals surface area contributed by atoms with Crippen LogP contribution >= 0.6 is 43.5 Å². The number of rotatable bonds is 4. The molecular formula is C14H12Br2ClN. The molecule has 1 nitrogen and oxygen atoms in total. The van der Waals surface area contributed by atoms with E-state index in [-0.39, 0.29) is 0 Å². The van der Waals surface area contributed by atoms with Gasteiger partial charge in [-0.2, -0.15) is 0 Å². The second-order valence-corrected chi connectivity index (χ2v) is 6.01. The lowest BCUT2D eigenvalue weighted by Gasteiger charge is -2.15. The smallest absolute Gasteiger partial charge is 0.0441 e. The number of alkyl halides is 1. The molecule has 0 spiro atoms. The fraction of sp³-hybridized carbons (Fsp3) is 0.214. The van der Waals surface area contributed by atoms with Crippen LogP contribution in [0.25, 0.3) is 0 Å². The largest absolute Gasteiger partial charge is 0.260 e. The monoisotopic (exact) mass is 387 g/mol. The van der Waals surface area contributed by atoms with Gasteiger partial charge < -0.3 is 0 Å². The summed E-state index contributed by atoms with van der Waals surface area (Å²) in [5.74, 6) is 0.340. The molecule has 1 atom stereocenters. The molecule has 1 unspecified atom stereocenters. The number of benzene rings is 1. The third-order valence-corrected chi connectivity index (χ3v) is 4.37. The van der Waals surface area contributed by atoms with Crippen molar-refractivity contribution in [1.29, 1.82) is 0 Å². The minimum atomic E-state index is 0.340. The topological polar surface area (TPSA) is 12.9 Å². The molecule has 2 rings (SSSR count). The zero-order valence-electron chi connectivity index (χ0n) is 9.61. The summed E-state index contributed by atoms with van der Waals surface area (Å²) >= 11 is 13.2. The maximum atomic E-state index is 6.24. The Hall–Kier alpha value is -0.380. The van der Waals surface area contributed by atoms with Crippen molar-refractivity contribution in [1.82, 2.24) is 4.98 Å². The quantitative estimate of drug-likeness (QED) is 0.654. The van der Waals surface area contributed by atoms with Crippen molar-refractivity contribution in [3.8, 4) is 0 Å². The lowest BCUT2D eigenvalue weighted by atomic mass is 9.96. The first-order chi connectivity index (χ1) is 8.70. The molecule has 0 aliphatic heterocycles. The first kappa shape index (κ1) is 14.0. The number of hydrogen-bond donors (Lipinski definition) is 0. The van der Waals surface area contributed by atoms with Crippen LogP contribution in [0.2, 0.25) is 5.02 Å². The van der Waals surface area contributed by atoms with E-state index in [1.807, 2.05) is 36.5 Å². The second-order valence-electron chi connectivity index (χ2n) is 4.04. The zero-order valence-corrected chi connectivity index (χ0v) is 13.5. The van der Waals surface area contributed by atoms with Crippen molar-refractivity contribution in [3.63, 3.8) is 0 Å². The molecule has 0 aliphatic carbocycles. The van der Waals surface area contributed by atoms with Crippen LogP contribution in [-0.2, 0) is 6.42 Å². The van der Waals surface area contributed by atoms with E-state index in [0.717, 1.165) is 26.9 Å².